The van der Waals surface area contributed by atoms with Crippen LogP contribution in [0.3, 0.4) is 0 Å². The summed E-state index contributed by atoms with van der Waals surface area (Å²) in [6.07, 6.45) is 5.70. The number of allylic oxidation sites excluding steroid dienone is 1. The maximum Gasteiger partial charge on any atom is 0.213 e. The summed E-state index contributed by atoms with van der Waals surface area (Å²) in [5.41, 5.74) is 10.5. The SMILES string of the molecule is COc1ccc(/C=C2\CCCc3c(-c4ccccc4)cc(-c4ccccc4)[n+](C)c32)cc1.[O-][Cl+3]([O-])([O-])[O-]. The first kappa shape index (κ1) is 26.5. The van der Waals surface area contributed by atoms with E-state index in [4.69, 9.17) is 23.4 Å². The van der Waals surface area contributed by atoms with Crippen LogP contribution in [0.1, 0.15) is 29.7 Å². The number of hydrogen-bond donors (Lipinski definition) is 0. The zero-order chi connectivity index (χ0) is 26.4. The Morgan fingerprint density at radius 3 is 1.92 bits per heavy atom. The number of aromatic nitrogens is 1. The smallest absolute Gasteiger partial charge is 0.213 e. The summed E-state index contributed by atoms with van der Waals surface area (Å²) in [5.74, 6) is 0.888. The number of fused-ring (bicyclic) bond motifs is 1. The first-order valence-electron chi connectivity index (χ1n) is 11.9. The number of hydrogen-bond acceptors (Lipinski definition) is 5. The van der Waals surface area contributed by atoms with Crippen LogP contribution in [0.4, 0.5) is 0 Å². The van der Waals surface area contributed by atoms with Gasteiger partial charge in [-0.2, -0.15) is 4.57 Å². The maximum absolute atomic E-state index is 8.49. The number of methoxy groups -OCH3 is 1. The summed E-state index contributed by atoms with van der Waals surface area (Å²) in [5, 5.41) is 0. The Kier molecular flexibility index (Phi) is 8.38. The summed E-state index contributed by atoms with van der Waals surface area (Å²) >= 11 is 0. The zero-order valence-corrected chi connectivity index (χ0v) is 21.5. The third kappa shape index (κ3) is 6.83. The van der Waals surface area contributed by atoms with Gasteiger partial charge in [0.2, 0.25) is 11.4 Å². The van der Waals surface area contributed by atoms with E-state index in [9.17, 15) is 0 Å². The van der Waals surface area contributed by atoms with Crippen molar-refractivity contribution >= 4 is 11.6 Å². The monoisotopic (exact) mass is 517 g/mol. The molecule has 0 fully saturated rings. The lowest BCUT2D eigenvalue weighted by atomic mass is 9.84. The molecular weight excluding hydrogens is 490 g/mol. The van der Waals surface area contributed by atoms with Crippen molar-refractivity contribution in [3.05, 3.63) is 108 Å². The number of pyridine rings is 1. The molecule has 3 aromatic carbocycles. The van der Waals surface area contributed by atoms with Crippen LogP contribution in [0, 0.1) is 10.2 Å². The molecule has 0 aliphatic heterocycles. The van der Waals surface area contributed by atoms with Crippen LogP contribution < -0.4 is 27.9 Å². The first-order valence-corrected chi connectivity index (χ1v) is 13.1. The molecule has 0 amide bonds. The average Bonchev–Trinajstić information content (AvgIpc) is 2.89. The van der Waals surface area contributed by atoms with E-state index >= 15 is 0 Å². The minimum absolute atomic E-state index is 0.888. The van der Waals surface area contributed by atoms with Gasteiger partial charge in [0.05, 0.1) is 7.11 Å². The van der Waals surface area contributed by atoms with E-state index in [2.05, 4.69) is 96.6 Å². The third-order valence-electron chi connectivity index (χ3n) is 6.38. The number of nitrogens with zero attached hydrogens (tertiary/aromatic N) is 1. The molecule has 4 aromatic rings. The van der Waals surface area contributed by atoms with E-state index in [0.29, 0.717) is 0 Å². The summed E-state index contributed by atoms with van der Waals surface area (Å²) in [6, 6.07) is 32.2. The molecule has 37 heavy (non-hydrogen) atoms. The minimum Gasteiger partial charge on any atom is -0.497 e. The highest BCUT2D eigenvalue weighted by molar-refractivity contribution is 5.85. The number of rotatable bonds is 4. The highest BCUT2D eigenvalue weighted by Gasteiger charge is 2.29. The fourth-order valence-electron chi connectivity index (χ4n) is 4.81. The predicted molar refractivity (Wildman–Crippen MR) is 132 cm³/mol. The van der Waals surface area contributed by atoms with Gasteiger partial charge >= 0.3 is 0 Å². The number of halogens is 1. The Morgan fingerprint density at radius 2 is 1.35 bits per heavy atom. The van der Waals surface area contributed by atoms with Gasteiger partial charge in [0.1, 0.15) is 12.8 Å². The molecular formula is C30H28ClNO5. The van der Waals surface area contributed by atoms with Gasteiger partial charge in [0.25, 0.3) is 0 Å². The Hall–Kier alpha value is -3.52. The van der Waals surface area contributed by atoms with Crippen molar-refractivity contribution in [3.8, 4) is 28.1 Å². The molecule has 1 aliphatic rings. The van der Waals surface area contributed by atoms with Crippen molar-refractivity contribution in [2.45, 2.75) is 19.3 Å². The molecule has 7 heteroatoms. The van der Waals surface area contributed by atoms with Gasteiger partial charge in [0.15, 0.2) is 0 Å². The lowest BCUT2D eigenvalue weighted by Crippen LogP contribution is -2.68. The number of benzene rings is 3. The van der Waals surface area contributed by atoms with Crippen molar-refractivity contribution < 1.29 is 38.2 Å². The van der Waals surface area contributed by atoms with Crippen molar-refractivity contribution in [3.63, 3.8) is 0 Å². The normalized spacial score (nSPS) is 13.9. The minimum atomic E-state index is -4.94. The van der Waals surface area contributed by atoms with Crippen LogP contribution in [0.25, 0.3) is 34.0 Å². The van der Waals surface area contributed by atoms with Gasteiger partial charge in [-0.25, -0.2) is 18.6 Å². The van der Waals surface area contributed by atoms with E-state index < -0.39 is 10.2 Å². The molecule has 190 valence electrons. The van der Waals surface area contributed by atoms with Gasteiger partial charge < -0.3 is 4.74 Å². The molecule has 1 heterocycles. The lowest BCUT2D eigenvalue weighted by molar-refractivity contribution is -2.00. The van der Waals surface area contributed by atoms with E-state index in [-0.39, 0.29) is 0 Å². The van der Waals surface area contributed by atoms with Crippen molar-refractivity contribution in [2.24, 2.45) is 7.05 Å². The van der Waals surface area contributed by atoms with Crippen molar-refractivity contribution in [1.29, 1.82) is 0 Å². The highest BCUT2D eigenvalue weighted by atomic mass is 35.7. The van der Waals surface area contributed by atoms with Crippen LogP contribution in [0.2, 0.25) is 0 Å². The Bertz CT molecular complexity index is 1360. The second-order valence-corrected chi connectivity index (χ2v) is 9.49. The van der Waals surface area contributed by atoms with Crippen molar-refractivity contribution in [2.75, 3.05) is 7.11 Å². The second kappa shape index (κ2) is 11.7. The van der Waals surface area contributed by atoms with Gasteiger partial charge in [-0.1, -0.05) is 60.7 Å². The second-order valence-electron chi connectivity index (χ2n) is 8.74. The third-order valence-corrected chi connectivity index (χ3v) is 6.38. The molecule has 0 atom stereocenters. The highest BCUT2D eigenvalue weighted by Crippen LogP contribution is 2.38. The molecule has 0 unspecified atom stereocenters. The molecule has 0 saturated heterocycles. The molecule has 5 rings (SSSR count). The molecule has 0 spiro atoms. The topological polar surface area (TPSA) is 105 Å². The predicted octanol–water partition coefficient (Wildman–Crippen LogP) is 1.97. The van der Waals surface area contributed by atoms with Gasteiger partial charge in [0, 0.05) is 22.8 Å². The average molecular weight is 518 g/mol. The van der Waals surface area contributed by atoms with E-state index in [1.165, 1.54) is 51.2 Å². The van der Waals surface area contributed by atoms with Crippen molar-refractivity contribution in [1.82, 2.24) is 0 Å². The van der Waals surface area contributed by atoms with Crippen LogP contribution in [0.5, 0.6) is 5.75 Å². The molecule has 0 bridgehead atoms. The molecule has 0 N–H and O–H groups in total. The van der Waals surface area contributed by atoms with Crippen LogP contribution >= 0.6 is 0 Å². The fourth-order valence-corrected chi connectivity index (χ4v) is 4.81. The Labute approximate surface area is 219 Å². The van der Waals surface area contributed by atoms with Crippen LogP contribution in [-0.4, -0.2) is 7.11 Å². The summed E-state index contributed by atoms with van der Waals surface area (Å²) in [4.78, 5) is 0. The van der Waals surface area contributed by atoms with E-state index in [1.54, 1.807) is 7.11 Å². The lowest BCUT2D eigenvalue weighted by Gasteiger charge is -2.21. The summed E-state index contributed by atoms with van der Waals surface area (Å²) < 4.78 is 41.7. The van der Waals surface area contributed by atoms with Gasteiger partial charge in [-0.3, -0.25) is 0 Å². The molecule has 6 nitrogen and oxygen atoms in total. The van der Waals surface area contributed by atoms with Crippen LogP contribution in [0.15, 0.2) is 91.0 Å². The molecule has 0 radical (unpaired) electrons. The van der Waals surface area contributed by atoms with E-state index in [1.807, 2.05) is 12.1 Å². The Balaban J connectivity index is 0.000000586. The molecule has 0 saturated carbocycles. The van der Waals surface area contributed by atoms with Crippen LogP contribution in [-0.2, 0) is 13.5 Å². The fraction of sp³-hybridized carbons (Fsp3) is 0.167. The van der Waals surface area contributed by atoms with E-state index in [0.717, 1.165) is 18.6 Å². The molecule has 1 aliphatic carbocycles. The largest absolute Gasteiger partial charge is 0.497 e. The summed E-state index contributed by atoms with van der Waals surface area (Å²) in [6.45, 7) is 0. The summed E-state index contributed by atoms with van der Waals surface area (Å²) in [7, 11) is -1.02. The maximum atomic E-state index is 8.49. The number of ether oxygens (including phenoxy) is 1. The Morgan fingerprint density at radius 1 is 0.784 bits per heavy atom. The quantitative estimate of drug-likeness (QED) is 0.385. The zero-order valence-electron chi connectivity index (χ0n) is 20.7. The standard InChI is InChI=1S/C30H28NO.ClHO4/c1-31-29(24-12-7-4-8-13-24)21-28(23-10-5-3-6-11-23)27-15-9-14-25(30(27)31)20-22-16-18-26(32-2)19-17-22;2-1(3,4)5/h3-8,10-13,16-21H,9,14-15H2,1-2H3;(H,2,3,4,5)/q+1;/p-1/b25-20+;. The van der Waals surface area contributed by atoms with Gasteiger partial charge in [-0.05, 0) is 66.3 Å². The van der Waals surface area contributed by atoms with Gasteiger partial charge in [-0.15, -0.1) is 10.2 Å². The molecule has 1 aromatic heterocycles. The first-order chi connectivity index (χ1) is 17.7.